The second-order valence-corrected chi connectivity index (χ2v) is 5.57. The van der Waals surface area contributed by atoms with E-state index in [1.807, 2.05) is 13.8 Å². The molecule has 0 atom stereocenters. The number of aryl methyl sites for hydroxylation is 2. The summed E-state index contributed by atoms with van der Waals surface area (Å²) in [6.45, 7) is 3.49. The van der Waals surface area contributed by atoms with Crippen LogP contribution in [0.2, 0.25) is 0 Å². The van der Waals surface area contributed by atoms with Crippen molar-refractivity contribution in [3.05, 3.63) is 75.1 Å². The predicted molar refractivity (Wildman–Crippen MR) is 87.3 cm³/mol. The van der Waals surface area contributed by atoms with E-state index in [4.69, 9.17) is 9.15 Å². The van der Waals surface area contributed by atoms with Crippen LogP contribution in [-0.2, 0) is 13.0 Å². The Bertz CT molecular complexity index is 940. The largest absolute Gasteiger partial charge is 0.488 e. The van der Waals surface area contributed by atoms with Gasteiger partial charge in [-0.15, -0.1) is 0 Å². The molecule has 0 unspecified atom stereocenters. The van der Waals surface area contributed by atoms with Crippen molar-refractivity contribution in [2.45, 2.75) is 26.9 Å². The third-order valence-corrected chi connectivity index (χ3v) is 3.85. The zero-order valence-electron chi connectivity index (χ0n) is 13.4. The Hall–Kier alpha value is -2.69. The summed E-state index contributed by atoms with van der Waals surface area (Å²) < 4.78 is 38.5. The molecule has 24 heavy (non-hydrogen) atoms. The number of rotatable bonds is 4. The molecule has 2 aromatic carbocycles. The maximum absolute atomic E-state index is 13.8. The summed E-state index contributed by atoms with van der Waals surface area (Å²) >= 11 is 0. The van der Waals surface area contributed by atoms with Crippen LogP contribution in [0.15, 0.2) is 45.6 Å². The highest BCUT2D eigenvalue weighted by Crippen LogP contribution is 2.31. The third-order valence-electron chi connectivity index (χ3n) is 3.85. The van der Waals surface area contributed by atoms with Crippen LogP contribution < -0.4 is 10.4 Å². The fourth-order valence-electron chi connectivity index (χ4n) is 2.68. The van der Waals surface area contributed by atoms with Crippen molar-refractivity contribution in [1.29, 1.82) is 0 Å². The Labute approximate surface area is 137 Å². The van der Waals surface area contributed by atoms with Gasteiger partial charge in [-0.3, -0.25) is 0 Å². The lowest BCUT2D eigenvalue weighted by atomic mass is 10.0. The van der Waals surface area contributed by atoms with Gasteiger partial charge in [-0.05, 0) is 48.7 Å². The summed E-state index contributed by atoms with van der Waals surface area (Å²) in [5.74, 6) is -0.878. The Morgan fingerprint density at radius 1 is 1.12 bits per heavy atom. The standard InChI is InChI=1S/C19H16F2O3/c1-3-12-9-18(22)24-17-8-11(2)7-16(19(12)17)23-10-13-14(20)5-4-6-15(13)21/h4-9H,3,10H2,1-2H3. The SMILES string of the molecule is CCc1cc(=O)oc2cc(C)cc(OCc3c(F)cccc3F)c12. The van der Waals surface area contributed by atoms with Crippen LogP contribution in [0.25, 0.3) is 11.0 Å². The second kappa shape index (κ2) is 6.43. The summed E-state index contributed by atoms with van der Waals surface area (Å²) in [6, 6.07) is 8.60. The molecular formula is C19H16F2O3. The van der Waals surface area contributed by atoms with Crippen molar-refractivity contribution in [3.8, 4) is 5.75 Å². The van der Waals surface area contributed by atoms with Crippen molar-refractivity contribution >= 4 is 11.0 Å². The zero-order valence-corrected chi connectivity index (χ0v) is 13.4. The third kappa shape index (κ3) is 3.02. The van der Waals surface area contributed by atoms with Gasteiger partial charge in [-0.2, -0.15) is 0 Å². The van der Waals surface area contributed by atoms with Gasteiger partial charge in [-0.25, -0.2) is 13.6 Å². The van der Waals surface area contributed by atoms with Crippen molar-refractivity contribution in [3.63, 3.8) is 0 Å². The quantitative estimate of drug-likeness (QED) is 0.660. The van der Waals surface area contributed by atoms with Gasteiger partial charge in [0.25, 0.3) is 0 Å². The Kier molecular flexibility index (Phi) is 4.34. The van der Waals surface area contributed by atoms with Gasteiger partial charge in [0.2, 0.25) is 0 Å². The van der Waals surface area contributed by atoms with Crippen molar-refractivity contribution in [2.24, 2.45) is 0 Å². The van der Waals surface area contributed by atoms with E-state index in [-0.39, 0.29) is 12.2 Å². The first-order valence-electron chi connectivity index (χ1n) is 7.62. The lowest BCUT2D eigenvalue weighted by Gasteiger charge is -2.13. The Morgan fingerprint density at radius 2 is 1.83 bits per heavy atom. The molecule has 3 rings (SSSR count). The van der Waals surface area contributed by atoms with Crippen LogP contribution in [0.5, 0.6) is 5.75 Å². The maximum Gasteiger partial charge on any atom is 0.336 e. The van der Waals surface area contributed by atoms with E-state index >= 15 is 0 Å². The van der Waals surface area contributed by atoms with Gasteiger partial charge < -0.3 is 9.15 Å². The number of ether oxygens (including phenoxy) is 1. The minimum Gasteiger partial charge on any atom is -0.488 e. The highest BCUT2D eigenvalue weighted by atomic mass is 19.1. The molecule has 0 aliphatic rings. The topological polar surface area (TPSA) is 39.4 Å². The predicted octanol–water partition coefficient (Wildman–Crippen LogP) is 4.52. The molecule has 0 saturated heterocycles. The molecule has 124 valence electrons. The van der Waals surface area contributed by atoms with Crippen LogP contribution in [0, 0.1) is 18.6 Å². The van der Waals surface area contributed by atoms with Crippen molar-refractivity contribution in [1.82, 2.24) is 0 Å². The van der Waals surface area contributed by atoms with Gasteiger partial charge in [0.05, 0.1) is 10.9 Å². The zero-order chi connectivity index (χ0) is 17.3. The fourth-order valence-corrected chi connectivity index (χ4v) is 2.68. The lowest BCUT2D eigenvalue weighted by Crippen LogP contribution is -2.05. The molecule has 0 spiro atoms. The fraction of sp³-hybridized carbons (Fsp3) is 0.211. The van der Waals surface area contributed by atoms with Gasteiger partial charge in [0.15, 0.2) is 0 Å². The maximum atomic E-state index is 13.8. The van der Waals surface area contributed by atoms with Gasteiger partial charge in [0, 0.05) is 6.07 Å². The molecule has 0 fully saturated rings. The van der Waals surface area contributed by atoms with E-state index in [1.54, 1.807) is 12.1 Å². The number of halogens is 2. The molecule has 0 aliphatic carbocycles. The number of fused-ring (bicyclic) bond motifs is 1. The summed E-state index contributed by atoms with van der Waals surface area (Å²) in [4.78, 5) is 11.6. The molecule has 0 radical (unpaired) electrons. The first kappa shape index (κ1) is 16.2. The number of benzene rings is 2. The molecule has 0 N–H and O–H groups in total. The van der Waals surface area contributed by atoms with E-state index in [9.17, 15) is 13.6 Å². The first-order valence-corrected chi connectivity index (χ1v) is 7.62. The van der Waals surface area contributed by atoms with Gasteiger partial charge in [-0.1, -0.05) is 13.0 Å². The van der Waals surface area contributed by atoms with Crippen LogP contribution in [-0.4, -0.2) is 0 Å². The van der Waals surface area contributed by atoms with Crippen molar-refractivity contribution < 1.29 is 17.9 Å². The van der Waals surface area contributed by atoms with E-state index in [1.165, 1.54) is 24.3 Å². The number of hydrogen-bond acceptors (Lipinski definition) is 3. The monoisotopic (exact) mass is 330 g/mol. The molecular weight excluding hydrogens is 314 g/mol. The molecule has 3 aromatic rings. The molecule has 1 aromatic heterocycles. The summed E-state index contributed by atoms with van der Waals surface area (Å²) in [6.07, 6.45) is 0.607. The highest BCUT2D eigenvalue weighted by molar-refractivity contribution is 5.87. The normalized spacial score (nSPS) is 11.0. The molecule has 0 saturated carbocycles. The van der Waals surface area contributed by atoms with Crippen molar-refractivity contribution in [2.75, 3.05) is 0 Å². The average molecular weight is 330 g/mol. The van der Waals surface area contributed by atoms with E-state index in [0.29, 0.717) is 23.1 Å². The van der Waals surface area contributed by atoms with Crippen LogP contribution >= 0.6 is 0 Å². The lowest BCUT2D eigenvalue weighted by molar-refractivity contribution is 0.295. The van der Waals surface area contributed by atoms with Gasteiger partial charge in [0.1, 0.15) is 29.6 Å². The Morgan fingerprint density at radius 3 is 2.50 bits per heavy atom. The highest BCUT2D eigenvalue weighted by Gasteiger charge is 2.14. The molecule has 5 heteroatoms. The van der Waals surface area contributed by atoms with Crippen LogP contribution in [0.3, 0.4) is 0 Å². The van der Waals surface area contributed by atoms with E-state index < -0.39 is 17.3 Å². The smallest absolute Gasteiger partial charge is 0.336 e. The van der Waals surface area contributed by atoms with Crippen LogP contribution in [0.4, 0.5) is 8.78 Å². The van der Waals surface area contributed by atoms with E-state index in [2.05, 4.69) is 0 Å². The molecule has 1 heterocycles. The molecule has 0 amide bonds. The summed E-state index contributed by atoms with van der Waals surface area (Å²) in [5.41, 5.74) is 1.43. The minimum atomic E-state index is -0.658. The molecule has 0 bridgehead atoms. The summed E-state index contributed by atoms with van der Waals surface area (Å²) in [7, 11) is 0. The minimum absolute atomic E-state index is 0.136. The second-order valence-electron chi connectivity index (χ2n) is 5.57. The van der Waals surface area contributed by atoms with E-state index in [0.717, 1.165) is 11.1 Å². The average Bonchev–Trinajstić information content (AvgIpc) is 2.52. The molecule has 3 nitrogen and oxygen atoms in total. The Balaban J connectivity index is 2.07. The van der Waals surface area contributed by atoms with Crippen LogP contribution in [0.1, 0.15) is 23.6 Å². The van der Waals surface area contributed by atoms with Gasteiger partial charge >= 0.3 is 5.63 Å². The first-order chi connectivity index (χ1) is 11.5. The molecule has 0 aliphatic heterocycles. The number of hydrogen-bond donors (Lipinski definition) is 0. The summed E-state index contributed by atoms with van der Waals surface area (Å²) in [5, 5.41) is 0.652.